The molecular formula is C12H14ClNO. The average Bonchev–Trinajstić information content (AvgIpc) is 2.29. The van der Waals surface area contributed by atoms with Gasteiger partial charge in [-0.15, -0.1) is 18.2 Å². The zero-order valence-electron chi connectivity index (χ0n) is 8.53. The highest BCUT2D eigenvalue weighted by Crippen LogP contribution is 2.05. The lowest BCUT2D eigenvalue weighted by Gasteiger charge is -2.19. The molecule has 0 radical (unpaired) electrons. The third-order valence-electron chi connectivity index (χ3n) is 2.03. The Morgan fingerprint density at radius 2 is 2.07 bits per heavy atom. The summed E-state index contributed by atoms with van der Waals surface area (Å²) in [6, 6.07) is 9.82. The molecule has 0 saturated heterocycles. The lowest BCUT2D eigenvalue weighted by atomic mass is 10.2. The van der Waals surface area contributed by atoms with Crippen LogP contribution >= 0.6 is 11.6 Å². The van der Waals surface area contributed by atoms with Gasteiger partial charge in [-0.2, -0.15) is 0 Å². The number of hydrogen-bond acceptors (Lipinski definition) is 1. The number of nitrogens with zero attached hydrogens (tertiary/aromatic N) is 1. The summed E-state index contributed by atoms with van der Waals surface area (Å²) >= 11 is 5.52. The first-order chi connectivity index (χ1) is 7.27. The summed E-state index contributed by atoms with van der Waals surface area (Å²) in [7, 11) is 0. The van der Waals surface area contributed by atoms with E-state index in [1.165, 1.54) is 0 Å². The monoisotopic (exact) mass is 223 g/mol. The Balaban J connectivity index is 2.66. The Labute approximate surface area is 95.2 Å². The van der Waals surface area contributed by atoms with Crippen LogP contribution in [0.25, 0.3) is 0 Å². The van der Waals surface area contributed by atoms with Crippen molar-refractivity contribution in [1.82, 2.24) is 4.90 Å². The van der Waals surface area contributed by atoms with Crippen molar-refractivity contribution < 1.29 is 4.79 Å². The fraction of sp³-hybridized carbons (Fsp3) is 0.250. The van der Waals surface area contributed by atoms with Crippen LogP contribution in [0.3, 0.4) is 0 Å². The summed E-state index contributed by atoms with van der Waals surface area (Å²) < 4.78 is 0. The van der Waals surface area contributed by atoms with Crippen molar-refractivity contribution in [1.29, 1.82) is 0 Å². The number of benzene rings is 1. The smallest absolute Gasteiger partial charge is 0.238 e. The highest BCUT2D eigenvalue weighted by Gasteiger charge is 2.10. The zero-order valence-corrected chi connectivity index (χ0v) is 9.28. The number of carbonyl (C=O) groups is 1. The second kappa shape index (κ2) is 6.25. The molecule has 15 heavy (non-hydrogen) atoms. The topological polar surface area (TPSA) is 20.3 Å². The normalized spacial score (nSPS) is 9.67. The molecule has 3 heteroatoms. The molecule has 0 bridgehead atoms. The first kappa shape index (κ1) is 11.8. The molecule has 0 saturated carbocycles. The van der Waals surface area contributed by atoms with Gasteiger partial charge in [-0.05, 0) is 5.56 Å². The summed E-state index contributed by atoms with van der Waals surface area (Å²) in [4.78, 5) is 13.1. The molecule has 1 rings (SSSR count). The van der Waals surface area contributed by atoms with Crippen LogP contribution in [-0.2, 0) is 11.3 Å². The van der Waals surface area contributed by atoms with Crippen molar-refractivity contribution in [2.45, 2.75) is 6.54 Å². The molecule has 0 N–H and O–H groups in total. The minimum absolute atomic E-state index is 0.0146. The molecule has 2 nitrogen and oxygen atoms in total. The molecule has 0 unspecified atom stereocenters. The number of carbonyl (C=O) groups excluding carboxylic acids is 1. The summed E-state index contributed by atoms with van der Waals surface area (Å²) in [6.07, 6.45) is 1.70. The number of amides is 1. The quantitative estimate of drug-likeness (QED) is 0.555. The van der Waals surface area contributed by atoms with E-state index in [0.29, 0.717) is 13.1 Å². The number of rotatable bonds is 5. The summed E-state index contributed by atoms with van der Waals surface area (Å²) in [6.45, 7) is 4.73. The van der Waals surface area contributed by atoms with Gasteiger partial charge >= 0.3 is 0 Å². The van der Waals surface area contributed by atoms with Crippen LogP contribution in [0.15, 0.2) is 43.0 Å². The Morgan fingerprint density at radius 3 is 2.60 bits per heavy atom. The predicted octanol–water partition coefficient (Wildman–Crippen LogP) is 2.44. The van der Waals surface area contributed by atoms with Gasteiger partial charge in [0.1, 0.15) is 5.88 Å². The van der Waals surface area contributed by atoms with Gasteiger partial charge in [0, 0.05) is 13.1 Å². The second-order valence-electron chi connectivity index (χ2n) is 3.18. The van der Waals surface area contributed by atoms with E-state index in [1.807, 2.05) is 30.3 Å². The summed E-state index contributed by atoms with van der Waals surface area (Å²) in [5.41, 5.74) is 1.10. The number of halogens is 1. The predicted molar refractivity (Wildman–Crippen MR) is 62.8 cm³/mol. The first-order valence-electron chi connectivity index (χ1n) is 4.76. The number of alkyl halides is 1. The molecular weight excluding hydrogens is 210 g/mol. The van der Waals surface area contributed by atoms with Gasteiger partial charge in [0.25, 0.3) is 0 Å². The van der Waals surface area contributed by atoms with Crippen molar-refractivity contribution in [3.63, 3.8) is 0 Å². The lowest BCUT2D eigenvalue weighted by molar-refractivity contribution is -0.128. The van der Waals surface area contributed by atoms with E-state index in [-0.39, 0.29) is 11.8 Å². The summed E-state index contributed by atoms with van der Waals surface area (Å²) in [5.74, 6) is -0.0545. The Hall–Kier alpha value is -1.28. The highest BCUT2D eigenvalue weighted by molar-refractivity contribution is 6.27. The molecule has 80 valence electrons. The fourth-order valence-corrected chi connectivity index (χ4v) is 1.47. The van der Waals surface area contributed by atoms with Crippen molar-refractivity contribution in [3.05, 3.63) is 48.6 Å². The molecule has 0 heterocycles. The third kappa shape index (κ3) is 3.76. The highest BCUT2D eigenvalue weighted by atomic mass is 35.5. The summed E-state index contributed by atoms with van der Waals surface area (Å²) in [5, 5.41) is 0. The Kier molecular flexibility index (Phi) is 4.91. The van der Waals surface area contributed by atoms with E-state index in [0.717, 1.165) is 5.56 Å². The van der Waals surface area contributed by atoms with Crippen LogP contribution in [0, 0.1) is 0 Å². The maximum absolute atomic E-state index is 11.5. The largest absolute Gasteiger partial charge is 0.334 e. The van der Waals surface area contributed by atoms with Crippen molar-refractivity contribution >= 4 is 17.5 Å². The molecule has 1 amide bonds. The van der Waals surface area contributed by atoms with E-state index in [2.05, 4.69) is 6.58 Å². The molecule has 0 spiro atoms. The van der Waals surface area contributed by atoms with Crippen LogP contribution in [0.1, 0.15) is 5.56 Å². The number of hydrogen-bond donors (Lipinski definition) is 0. The van der Waals surface area contributed by atoms with Gasteiger partial charge in [-0.25, -0.2) is 0 Å². The first-order valence-corrected chi connectivity index (χ1v) is 5.30. The van der Waals surface area contributed by atoms with Gasteiger partial charge in [-0.3, -0.25) is 4.79 Å². The maximum atomic E-state index is 11.5. The van der Waals surface area contributed by atoms with Crippen LogP contribution in [0.5, 0.6) is 0 Å². The van der Waals surface area contributed by atoms with E-state index >= 15 is 0 Å². The molecule has 0 fully saturated rings. The molecule has 0 aromatic heterocycles. The van der Waals surface area contributed by atoms with Crippen molar-refractivity contribution in [2.24, 2.45) is 0 Å². The van der Waals surface area contributed by atoms with E-state index in [1.54, 1.807) is 11.0 Å². The van der Waals surface area contributed by atoms with E-state index in [4.69, 9.17) is 11.6 Å². The molecule has 1 aromatic rings. The third-order valence-corrected chi connectivity index (χ3v) is 2.26. The van der Waals surface area contributed by atoms with Crippen LogP contribution in [0.2, 0.25) is 0 Å². The molecule has 1 aromatic carbocycles. The second-order valence-corrected chi connectivity index (χ2v) is 3.45. The van der Waals surface area contributed by atoms with Crippen molar-refractivity contribution in [2.75, 3.05) is 12.4 Å². The zero-order chi connectivity index (χ0) is 11.1. The van der Waals surface area contributed by atoms with Gasteiger partial charge in [0.2, 0.25) is 5.91 Å². The van der Waals surface area contributed by atoms with E-state index < -0.39 is 0 Å². The fourth-order valence-electron chi connectivity index (χ4n) is 1.30. The molecule has 0 aliphatic rings. The maximum Gasteiger partial charge on any atom is 0.238 e. The van der Waals surface area contributed by atoms with Gasteiger partial charge in [0.15, 0.2) is 0 Å². The van der Waals surface area contributed by atoms with Gasteiger partial charge in [0.05, 0.1) is 0 Å². The standard InChI is InChI=1S/C12H14ClNO/c1-2-8-14(12(15)9-13)10-11-6-4-3-5-7-11/h2-7H,1,8-10H2. The Morgan fingerprint density at radius 1 is 1.40 bits per heavy atom. The van der Waals surface area contributed by atoms with Crippen LogP contribution in [0.4, 0.5) is 0 Å². The van der Waals surface area contributed by atoms with Gasteiger partial charge < -0.3 is 4.90 Å². The average molecular weight is 224 g/mol. The Bertz CT molecular complexity index is 324. The molecule has 0 aliphatic heterocycles. The van der Waals surface area contributed by atoms with Crippen molar-refractivity contribution in [3.8, 4) is 0 Å². The minimum Gasteiger partial charge on any atom is -0.334 e. The molecule has 0 atom stereocenters. The van der Waals surface area contributed by atoms with Crippen LogP contribution < -0.4 is 0 Å². The van der Waals surface area contributed by atoms with E-state index in [9.17, 15) is 4.79 Å². The lowest BCUT2D eigenvalue weighted by Crippen LogP contribution is -2.31. The SMILES string of the molecule is C=CCN(Cc1ccccc1)C(=O)CCl. The van der Waals surface area contributed by atoms with Crippen LogP contribution in [-0.4, -0.2) is 23.2 Å². The van der Waals surface area contributed by atoms with Gasteiger partial charge in [-0.1, -0.05) is 36.4 Å². The molecule has 0 aliphatic carbocycles. The minimum atomic E-state index is -0.0691.